The number of rotatable bonds is 4. The van der Waals surface area contributed by atoms with E-state index in [9.17, 15) is 0 Å². The number of nitrogens with zero attached hydrogens (tertiary/aromatic N) is 1. The first-order valence-corrected chi connectivity index (χ1v) is 7.33. The standard InChI is InChI=1S/C16H18N2OS/c1-12-6-5-8-14(10-12)18-16(17)20-11-13-7-3-4-9-15(13)19-2/h3-10H,11H2,1-2H3,(H2,17,18). The van der Waals surface area contributed by atoms with E-state index in [4.69, 9.17) is 10.5 Å². The molecule has 0 unspecified atom stereocenters. The molecule has 0 aliphatic carbocycles. The number of methoxy groups -OCH3 is 1. The second-order valence-electron chi connectivity index (χ2n) is 4.39. The van der Waals surface area contributed by atoms with Crippen molar-refractivity contribution in [1.29, 1.82) is 0 Å². The number of hydrogen-bond acceptors (Lipinski definition) is 3. The molecule has 0 aromatic heterocycles. The maximum Gasteiger partial charge on any atom is 0.159 e. The Balaban J connectivity index is 2.03. The zero-order valence-electron chi connectivity index (χ0n) is 11.7. The SMILES string of the molecule is COc1ccccc1CSC(N)=Nc1cccc(C)c1. The van der Waals surface area contributed by atoms with Gasteiger partial charge in [-0.2, -0.15) is 0 Å². The third kappa shape index (κ3) is 4.03. The monoisotopic (exact) mass is 286 g/mol. The molecule has 0 aliphatic rings. The highest BCUT2D eigenvalue weighted by Crippen LogP contribution is 2.23. The van der Waals surface area contributed by atoms with Crippen molar-refractivity contribution in [3.05, 3.63) is 59.7 Å². The van der Waals surface area contributed by atoms with E-state index in [1.54, 1.807) is 7.11 Å². The summed E-state index contributed by atoms with van der Waals surface area (Å²) in [5.41, 5.74) is 9.14. The summed E-state index contributed by atoms with van der Waals surface area (Å²) in [4.78, 5) is 4.41. The van der Waals surface area contributed by atoms with Crippen molar-refractivity contribution in [2.75, 3.05) is 7.11 Å². The van der Waals surface area contributed by atoms with Crippen molar-refractivity contribution in [1.82, 2.24) is 0 Å². The van der Waals surface area contributed by atoms with Crippen LogP contribution in [-0.4, -0.2) is 12.3 Å². The Morgan fingerprint density at radius 2 is 2.00 bits per heavy atom. The number of hydrogen-bond donors (Lipinski definition) is 1. The van der Waals surface area contributed by atoms with Crippen molar-refractivity contribution < 1.29 is 4.74 Å². The van der Waals surface area contributed by atoms with Gasteiger partial charge in [0.2, 0.25) is 0 Å². The average molecular weight is 286 g/mol. The number of amidine groups is 1. The Hall–Kier alpha value is -1.94. The fourth-order valence-corrected chi connectivity index (χ4v) is 2.54. The topological polar surface area (TPSA) is 47.6 Å². The molecule has 0 atom stereocenters. The maximum absolute atomic E-state index is 5.97. The lowest BCUT2D eigenvalue weighted by Gasteiger charge is -2.07. The summed E-state index contributed by atoms with van der Waals surface area (Å²) >= 11 is 1.51. The predicted octanol–water partition coefficient (Wildman–Crippen LogP) is 3.88. The van der Waals surface area contributed by atoms with E-state index in [2.05, 4.69) is 4.99 Å². The molecule has 2 rings (SSSR count). The van der Waals surface area contributed by atoms with Crippen LogP contribution in [0.1, 0.15) is 11.1 Å². The van der Waals surface area contributed by atoms with Crippen molar-refractivity contribution >= 4 is 22.6 Å². The molecule has 2 aromatic carbocycles. The highest BCUT2D eigenvalue weighted by molar-refractivity contribution is 8.13. The van der Waals surface area contributed by atoms with Crippen molar-refractivity contribution in [2.45, 2.75) is 12.7 Å². The third-order valence-corrected chi connectivity index (χ3v) is 3.65. The summed E-state index contributed by atoms with van der Waals surface area (Å²) in [6.07, 6.45) is 0. The second-order valence-corrected chi connectivity index (χ2v) is 5.39. The summed E-state index contributed by atoms with van der Waals surface area (Å²) in [5.74, 6) is 1.62. The van der Waals surface area contributed by atoms with Crippen LogP contribution >= 0.6 is 11.8 Å². The van der Waals surface area contributed by atoms with Gasteiger partial charge in [0.25, 0.3) is 0 Å². The third-order valence-electron chi connectivity index (χ3n) is 2.81. The summed E-state index contributed by atoms with van der Waals surface area (Å²) in [6.45, 7) is 2.04. The van der Waals surface area contributed by atoms with Crippen LogP contribution in [0.2, 0.25) is 0 Å². The van der Waals surface area contributed by atoms with E-state index in [1.807, 2.05) is 55.5 Å². The molecule has 0 aliphatic heterocycles. The lowest BCUT2D eigenvalue weighted by Crippen LogP contribution is -2.06. The van der Waals surface area contributed by atoms with Gasteiger partial charge < -0.3 is 10.5 Å². The largest absolute Gasteiger partial charge is 0.496 e. The number of thioether (sulfide) groups is 1. The van der Waals surface area contributed by atoms with Gasteiger partial charge in [-0.3, -0.25) is 0 Å². The minimum Gasteiger partial charge on any atom is -0.496 e. The molecule has 0 amide bonds. The van der Waals surface area contributed by atoms with Gasteiger partial charge in [0.05, 0.1) is 12.8 Å². The Labute approximate surface area is 123 Å². The molecule has 3 nitrogen and oxygen atoms in total. The Bertz CT molecular complexity index is 611. The molecular weight excluding hydrogens is 268 g/mol. The Morgan fingerprint density at radius 3 is 2.75 bits per heavy atom. The number of aliphatic imine (C=N–C) groups is 1. The fourth-order valence-electron chi connectivity index (χ4n) is 1.83. The van der Waals surface area contributed by atoms with E-state index in [-0.39, 0.29) is 0 Å². The molecule has 4 heteroatoms. The zero-order valence-corrected chi connectivity index (χ0v) is 12.5. The smallest absolute Gasteiger partial charge is 0.159 e. The number of ether oxygens (including phenoxy) is 1. The highest BCUT2D eigenvalue weighted by atomic mass is 32.2. The Kier molecular flexibility index (Phi) is 5.07. The van der Waals surface area contributed by atoms with E-state index in [0.29, 0.717) is 5.17 Å². The van der Waals surface area contributed by atoms with Gasteiger partial charge in [0.1, 0.15) is 5.75 Å². The molecule has 2 N–H and O–H groups in total. The van der Waals surface area contributed by atoms with Gasteiger partial charge in [0.15, 0.2) is 5.17 Å². The van der Waals surface area contributed by atoms with Crippen molar-refractivity contribution in [3.63, 3.8) is 0 Å². The minimum absolute atomic E-state index is 0.557. The molecule has 20 heavy (non-hydrogen) atoms. The van der Waals surface area contributed by atoms with Gasteiger partial charge in [-0.25, -0.2) is 4.99 Å². The van der Waals surface area contributed by atoms with Crippen LogP contribution in [0.4, 0.5) is 5.69 Å². The van der Waals surface area contributed by atoms with Gasteiger partial charge in [-0.1, -0.05) is 42.1 Å². The van der Waals surface area contributed by atoms with Gasteiger partial charge in [-0.15, -0.1) is 0 Å². The molecule has 0 bridgehead atoms. The number of para-hydroxylation sites is 1. The number of nitrogens with two attached hydrogens (primary N) is 1. The van der Waals surface area contributed by atoms with Crippen LogP contribution < -0.4 is 10.5 Å². The molecule has 0 radical (unpaired) electrons. The van der Waals surface area contributed by atoms with E-state index in [0.717, 1.165) is 22.8 Å². The summed E-state index contributed by atoms with van der Waals surface area (Å²) in [6, 6.07) is 15.9. The van der Waals surface area contributed by atoms with E-state index < -0.39 is 0 Å². The lowest BCUT2D eigenvalue weighted by molar-refractivity contribution is 0.411. The van der Waals surface area contributed by atoms with E-state index in [1.165, 1.54) is 17.3 Å². The van der Waals surface area contributed by atoms with Crippen LogP contribution in [-0.2, 0) is 5.75 Å². The maximum atomic E-state index is 5.97. The minimum atomic E-state index is 0.557. The van der Waals surface area contributed by atoms with Crippen LogP contribution in [0.5, 0.6) is 5.75 Å². The quantitative estimate of drug-likeness (QED) is 0.685. The first-order valence-electron chi connectivity index (χ1n) is 6.34. The highest BCUT2D eigenvalue weighted by Gasteiger charge is 2.03. The van der Waals surface area contributed by atoms with E-state index >= 15 is 0 Å². The molecular formula is C16H18N2OS. The number of benzene rings is 2. The van der Waals surface area contributed by atoms with Gasteiger partial charge >= 0.3 is 0 Å². The van der Waals surface area contributed by atoms with Crippen LogP contribution in [0.15, 0.2) is 53.5 Å². The average Bonchev–Trinajstić information content (AvgIpc) is 2.45. The zero-order chi connectivity index (χ0) is 14.4. The van der Waals surface area contributed by atoms with Crippen LogP contribution in [0, 0.1) is 6.92 Å². The summed E-state index contributed by atoms with van der Waals surface area (Å²) in [5, 5.41) is 0.557. The first kappa shape index (κ1) is 14.5. The van der Waals surface area contributed by atoms with Crippen LogP contribution in [0.3, 0.4) is 0 Å². The lowest BCUT2D eigenvalue weighted by atomic mass is 10.2. The van der Waals surface area contributed by atoms with Crippen molar-refractivity contribution in [3.8, 4) is 5.75 Å². The normalized spacial score (nSPS) is 11.4. The molecule has 0 heterocycles. The van der Waals surface area contributed by atoms with Gasteiger partial charge in [0, 0.05) is 11.3 Å². The van der Waals surface area contributed by atoms with Gasteiger partial charge in [-0.05, 0) is 30.7 Å². The summed E-state index contributed by atoms with van der Waals surface area (Å²) < 4.78 is 5.32. The predicted molar refractivity (Wildman–Crippen MR) is 86.8 cm³/mol. The summed E-state index contributed by atoms with van der Waals surface area (Å²) in [7, 11) is 1.67. The molecule has 0 spiro atoms. The molecule has 0 saturated carbocycles. The molecule has 0 saturated heterocycles. The fraction of sp³-hybridized carbons (Fsp3) is 0.188. The second kappa shape index (κ2) is 7.01. The first-order chi connectivity index (χ1) is 9.69. The molecule has 104 valence electrons. The Morgan fingerprint density at radius 1 is 1.20 bits per heavy atom. The van der Waals surface area contributed by atoms with Crippen molar-refractivity contribution in [2.24, 2.45) is 10.7 Å². The van der Waals surface area contributed by atoms with Crippen LogP contribution in [0.25, 0.3) is 0 Å². The molecule has 2 aromatic rings. The molecule has 0 fully saturated rings. The number of aryl methyl sites for hydroxylation is 1.